The molecule has 0 radical (unpaired) electrons. The summed E-state index contributed by atoms with van der Waals surface area (Å²) < 4.78 is 1.05. The lowest BCUT2D eigenvalue weighted by Gasteiger charge is -2.18. The summed E-state index contributed by atoms with van der Waals surface area (Å²) in [5.74, 6) is 0. The van der Waals surface area contributed by atoms with Crippen LogP contribution in [0.25, 0.3) is 0 Å². The highest BCUT2D eigenvalue weighted by Gasteiger charge is 2.25. The summed E-state index contributed by atoms with van der Waals surface area (Å²) >= 11 is 3.48. The van der Waals surface area contributed by atoms with E-state index in [1.807, 2.05) is 24.3 Å². The Morgan fingerprint density at radius 3 is 2.71 bits per heavy atom. The van der Waals surface area contributed by atoms with E-state index in [-0.39, 0.29) is 12.1 Å². The van der Waals surface area contributed by atoms with Crippen LogP contribution in [0.4, 0.5) is 5.69 Å². The molecule has 0 spiro atoms. The second kappa shape index (κ2) is 4.32. The summed E-state index contributed by atoms with van der Waals surface area (Å²) in [6.07, 6.45) is 2.90. The average Bonchev–Trinajstić information content (AvgIpc) is 2.56. The third-order valence-corrected chi connectivity index (χ3v) is 3.39. The van der Waals surface area contributed by atoms with E-state index in [0.29, 0.717) is 0 Å². The highest BCUT2D eigenvalue weighted by atomic mass is 79.9. The molecular formula is C11H14BrNO. The number of aliphatic hydroxyl groups is 1. The molecule has 3 heteroatoms. The van der Waals surface area contributed by atoms with Crippen LogP contribution in [0.2, 0.25) is 0 Å². The van der Waals surface area contributed by atoms with Gasteiger partial charge < -0.3 is 10.4 Å². The fourth-order valence-corrected chi connectivity index (χ4v) is 2.29. The maximum Gasteiger partial charge on any atom is 0.0741 e. The number of hydrogen-bond acceptors (Lipinski definition) is 2. The second-order valence-electron chi connectivity index (χ2n) is 3.73. The summed E-state index contributed by atoms with van der Waals surface area (Å²) in [4.78, 5) is 0. The van der Waals surface area contributed by atoms with Crippen molar-refractivity contribution in [3.8, 4) is 0 Å². The zero-order chi connectivity index (χ0) is 9.97. The van der Waals surface area contributed by atoms with Crippen molar-refractivity contribution in [3.63, 3.8) is 0 Å². The smallest absolute Gasteiger partial charge is 0.0741 e. The number of hydrogen-bond donors (Lipinski definition) is 2. The van der Waals surface area contributed by atoms with Gasteiger partial charge in [0.1, 0.15) is 0 Å². The normalized spacial score (nSPS) is 26.4. The summed E-state index contributed by atoms with van der Waals surface area (Å²) in [6.45, 7) is 0. The van der Waals surface area contributed by atoms with Crippen molar-refractivity contribution in [2.24, 2.45) is 0 Å². The van der Waals surface area contributed by atoms with Gasteiger partial charge >= 0.3 is 0 Å². The molecule has 2 rings (SSSR count). The highest BCUT2D eigenvalue weighted by molar-refractivity contribution is 9.10. The van der Waals surface area contributed by atoms with Crippen molar-refractivity contribution in [3.05, 3.63) is 28.7 Å². The van der Waals surface area contributed by atoms with Gasteiger partial charge in [0.05, 0.1) is 12.1 Å². The highest BCUT2D eigenvalue weighted by Crippen LogP contribution is 2.27. The first-order chi connectivity index (χ1) is 6.77. The summed E-state index contributed by atoms with van der Waals surface area (Å²) in [5.41, 5.74) is 1.07. The van der Waals surface area contributed by atoms with Crippen LogP contribution in [-0.2, 0) is 0 Å². The molecule has 76 valence electrons. The molecule has 1 fully saturated rings. The number of aliphatic hydroxyl groups excluding tert-OH is 1. The predicted molar refractivity (Wildman–Crippen MR) is 61.4 cm³/mol. The third kappa shape index (κ3) is 2.10. The molecule has 1 aromatic rings. The molecule has 2 atom stereocenters. The molecule has 0 heterocycles. The molecule has 1 aromatic carbocycles. The van der Waals surface area contributed by atoms with Crippen LogP contribution in [0.5, 0.6) is 0 Å². The first-order valence-electron chi connectivity index (χ1n) is 4.96. The Labute approximate surface area is 92.5 Å². The monoisotopic (exact) mass is 255 g/mol. The van der Waals surface area contributed by atoms with E-state index < -0.39 is 0 Å². The lowest BCUT2D eigenvalue weighted by atomic mass is 10.2. The Morgan fingerprint density at radius 2 is 2.07 bits per heavy atom. The summed E-state index contributed by atoms with van der Waals surface area (Å²) in [7, 11) is 0. The molecule has 0 aromatic heterocycles. The Balaban J connectivity index is 2.07. The van der Waals surface area contributed by atoms with Gasteiger partial charge in [-0.05, 0) is 47.3 Å². The largest absolute Gasteiger partial charge is 0.391 e. The zero-order valence-corrected chi connectivity index (χ0v) is 9.50. The summed E-state index contributed by atoms with van der Waals surface area (Å²) in [5, 5.41) is 13.0. The van der Waals surface area contributed by atoms with E-state index >= 15 is 0 Å². The van der Waals surface area contributed by atoms with Crippen LogP contribution in [-0.4, -0.2) is 17.3 Å². The minimum absolute atomic E-state index is 0.192. The topological polar surface area (TPSA) is 32.3 Å². The molecule has 14 heavy (non-hydrogen) atoms. The third-order valence-electron chi connectivity index (χ3n) is 2.69. The molecule has 2 N–H and O–H groups in total. The predicted octanol–water partition coefficient (Wildman–Crippen LogP) is 2.77. The minimum Gasteiger partial charge on any atom is -0.391 e. The first kappa shape index (κ1) is 9.99. The maximum absolute atomic E-state index is 9.66. The van der Waals surface area contributed by atoms with E-state index in [1.165, 1.54) is 0 Å². The molecule has 1 aliphatic rings. The van der Waals surface area contributed by atoms with E-state index in [9.17, 15) is 5.11 Å². The SMILES string of the molecule is O[C@@H]1CCC[C@H]1Nc1ccccc1Br. The van der Waals surface area contributed by atoms with Crippen molar-refractivity contribution in [2.75, 3.05) is 5.32 Å². The second-order valence-corrected chi connectivity index (χ2v) is 4.58. The average molecular weight is 256 g/mol. The van der Waals surface area contributed by atoms with Crippen LogP contribution < -0.4 is 5.32 Å². The molecule has 1 saturated carbocycles. The van der Waals surface area contributed by atoms with Gasteiger partial charge in [0.15, 0.2) is 0 Å². The lowest BCUT2D eigenvalue weighted by molar-refractivity contribution is 0.172. The molecule has 0 unspecified atom stereocenters. The number of nitrogens with one attached hydrogen (secondary N) is 1. The molecule has 0 amide bonds. The van der Waals surface area contributed by atoms with E-state index in [4.69, 9.17) is 0 Å². The number of anilines is 1. The maximum atomic E-state index is 9.66. The fourth-order valence-electron chi connectivity index (χ4n) is 1.89. The van der Waals surface area contributed by atoms with E-state index in [2.05, 4.69) is 21.2 Å². The molecule has 0 saturated heterocycles. The Kier molecular flexibility index (Phi) is 3.08. The van der Waals surface area contributed by atoms with Gasteiger partial charge in [-0.3, -0.25) is 0 Å². The first-order valence-corrected chi connectivity index (χ1v) is 5.76. The van der Waals surface area contributed by atoms with Gasteiger partial charge in [0, 0.05) is 10.2 Å². The van der Waals surface area contributed by atoms with Crippen LogP contribution in [0, 0.1) is 0 Å². The molecular weight excluding hydrogens is 242 g/mol. The molecule has 2 nitrogen and oxygen atoms in total. The Hall–Kier alpha value is -0.540. The molecule has 0 bridgehead atoms. The number of para-hydroxylation sites is 1. The van der Waals surface area contributed by atoms with Crippen molar-refractivity contribution >= 4 is 21.6 Å². The Bertz CT molecular complexity index is 316. The summed E-state index contributed by atoms with van der Waals surface area (Å²) in [6, 6.07) is 8.22. The van der Waals surface area contributed by atoms with Gasteiger partial charge in [-0.2, -0.15) is 0 Å². The van der Waals surface area contributed by atoms with Gasteiger partial charge in [-0.15, -0.1) is 0 Å². The van der Waals surface area contributed by atoms with Gasteiger partial charge in [0.25, 0.3) is 0 Å². The van der Waals surface area contributed by atoms with Gasteiger partial charge in [-0.25, -0.2) is 0 Å². The number of benzene rings is 1. The molecule has 0 aliphatic heterocycles. The van der Waals surface area contributed by atoms with E-state index in [0.717, 1.165) is 29.4 Å². The van der Waals surface area contributed by atoms with Crippen molar-refractivity contribution in [1.29, 1.82) is 0 Å². The van der Waals surface area contributed by atoms with Crippen LogP contribution in [0.1, 0.15) is 19.3 Å². The van der Waals surface area contributed by atoms with E-state index in [1.54, 1.807) is 0 Å². The van der Waals surface area contributed by atoms with Crippen LogP contribution >= 0.6 is 15.9 Å². The van der Waals surface area contributed by atoms with Gasteiger partial charge in [0.2, 0.25) is 0 Å². The van der Waals surface area contributed by atoms with Crippen LogP contribution in [0.3, 0.4) is 0 Å². The standard InChI is InChI=1S/C11H14BrNO/c12-8-4-1-2-5-9(8)13-10-6-3-7-11(10)14/h1-2,4-5,10-11,13-14H,3,6-7H2/t10-,11-/m1/s1. The number of halogens is 1. The quantitative estimate of drug-likeness (QED) is 0.852. The molecule has 1 aliphatic carbocycles. The van der Waals surface area contributed by atoms with Gasteiger partial charge in [-0.1, -0.05) is 12.1 Å². The van der Waals surface area contributed by atoms with Crippen molar-refractivity contribution in [1.82, 2.24) is 0 Å². The number of rotatable bonds is 2. The lowest BCUT2D eigenvalue weighted by Crippen LogP contribution is -2.27. The fraction of sp³-hybridized carbons (Fsp3) is 0.455. The minimum atomic E-state index is -0.192. The van der Waals surface area contributed by atoms with Crippen molar-refractivity contribution in [2.45, 2.75) is 31.4 Å². The Morgan fingerprint density at radius 1 is 1.29 bits per heavy atom. The van der Waals surface area contributed by atoms with Crippen molar-refractivity contribution < 1.29 is 5.11 Å². The van der Waals surface area contributed by atoms with Crippen LogP contribution in [0.15, 0.2) is 28.7 Å². The zero-order valence-electron chi connectivity index (χ0n) is 7.91.